The topological polar surface area (TPSA) is 169 Å². The number of aliphatic hydroxyl groups is 1. The van der Waals surface area contributed by atoms with Gasteiger partial charge in [0.05, 0.1) is 13.2 Å². The zero-order valence-electron chi connectivity index (χ0n) is 35.0. The summed E-state index contributed by atoms with van der Waals surface area (Å²) in [7, 11) is -4.75. The van der Waals surface area contributed by atoms with E-state index in [-0.39, 0.29) is 12.8 Å². The first-order valence-electron chi connectivity index (χ1n) is 22.2. The monoisotopic (exact) mass is 804 g/mol. The van der Waals surface area contributed by atoms with Crippen LogP contribution in [0.5, 0.6) is 0 Å². The van der Waals surface area contributed by atoms with Crippen LogP contribution < -0.4 is 5.32 Å². The summed E-state index contributed by atoms with van der Waals surface area (Å²) < 4.78 is 26.8. The molecule has 55 heavy (non-hydrogen) atoms. The molecule has 0 aromatic carbocycles. The molecule has 4 N–H and O–H groups in total. The van der Waals surface area contributed by atoms with Crippen molar-refractivity contribution in [1.82, 2.24) is 5.32 Å². The second-order valence-electron chi connectivity index (χ2n) is 15.2. The van der Waals surface area contributed by atoms with E-state index >= 15 is 0 Å². The quantitative estimate of drug-likeness (QED) is 0.0202. The number of nitrogens with one attached hydrogen (secondary N) is 1. The Morgan fingerprint density at radius 2 is 0.945 bits per heavy atom. The summed E-state index contributed by atoms with van der Waals surface area (Å²) in [6.45, 7) is 2.58. The number of hydrogen-bond donors (Lipinski definition) is 4. The average Bonchev–Trinajstić information content (AvgIpc) is 3.16. The normalized spacial score (nSPS) is 13.8. The van der Waals surface area contributed by atoms with Crippen molar-refractivity contribution >= 4 is 25.7 Å². The third-order valence-electron chi connectivity index (χ3n) is 9.80. The summed E-state index contributed by atoms with van der Waals surface area (Å²) in [5.74, 6) is -2.37. The molecule has 0 radical (unpaired) electrons. The lowest BCUT2D eigenvalue weighted by atomic mass is 10.0. The van der Waals surface area contributed by atoms with Gasteiger partial charge in [-0.05, 0) is 38.5 Å². The van der Waals surface area contributed by atoms with Crippen LogP contribution in [0.1, 0.15) is 213 Å². The van der Waals surface area contributed by atoms with E-state index in [0.29, 0.717) is 12.8 Å². The highest BCUT2D eigenvalue weighted by atomic mass is 31.2. The molecule has 324 valence electrons. The van der Waals surface area contributed by atoms with Crippen LogP contribution in [0.25, 0.3) is 0 Å². The molecule has 3 unspecified atom stereocenters. The minimum absolute atomic E-state index is 0.138. The Morgan fingerprint density at radius 1 is 0.564 bits per heavy atom. The van der Waals surface area contributed by atoms with E-state index in [4.69, 9.17) is 13.8 Å². The highest BCUT2D eigenvalue weighted by molar-refractivity contribution is 7.47. The fourth-order valence-corrected chi connectivity index (χ4v) is 7.08. The van der Waals surface area contributed by atoms with Crippen molar-refractivity contribution in [3.05, 3.63) is 12.2 Å². The number of esters is 1. The minimum Gasteiger partial charge on any atom is -0.480 e. The van der Waals surface area contributed by atoms with E-state index in [1.165, 1.54) is 116 Å². The van der Waals surface area contributed by atoms with Gasteiger partial charge in [-0.3, -0.25) is 18.6 Å². The van der Waals surface area contributed by atoms with Crippen LogP contribution in [-0.4, -0.2) is 64.9 Å². The predicted octanol–water partition coefficient (Wildman–Crippen LogP) is 11.3. The maximum atomic E-state index is 12.3. The molecule has 0 aliphatic heterocycles. The maximum absolute atomic E-state index is 12.3. The molecule has 0 saturated carbocycles. The van der Waals surface area contributed by atoms with Gasteiger partial charge in [-0.1, -0.05) is 174 Å². The van der Waals surface area contributed by atoms with Gasteiger partial charge in [0.1, 0.15) is 12.7 Å². The lowest BCUT2D eigenvalue weighted by Crippen LogP contribution is -2.43. The number of carbonyl (C=O) groups is 3. The molecular weight excluding hydrogens is 721 g/mol. The number of hydrogen-bond acceptors (Lipinski definition) is 8. The largest absolute Gasteiger partial charge is 0.480 e. The molecule has 11 nitrogen and oxygen atoms in total. The van der Waals surface area contributed by atoms with Crippen LogP contribution in [0.3, 0.4) is 0 Å². The summed E-state index contributed by atoms with van der Waals surface area (Å²) in [4.78, 5) is 45.8. The summed E-state index contributed by atoms with van der Waals surface area (Å²) >= 11 is 0. The van der Waals surface area contributed by atoms with Crippen LogP contribution in [0.4, 0.5) is 0 Å². The number of aliphatic carboxylic acids is 1. The number of carboxylic acids is 1. The molecule has 0 aliphatic carbocycles. The van der Waals surface area contributed by atoms with Gasteiger partial charge in [-0.2, -0.15) is 0 Å². The SMILES string of the molecule is CCCCC/C=C\CCCCCCCC(=O)NC(COP(=O)(O)OCC(O)COC(=O)CCCCCCCCCCCCCCCCCCCCC)C(=O)O. The summed E-state index contributed by atoms with van der Waals surface area (Å²) in [6.07, 6.45) is 38.1. The fraction of sp³-hybridized carbons (Fsp3) is 0.884. The van der Waals surface area contributed by atoms with Gasteiger partial charge in [0, 0.05) is 12.8 Å². The van der Waals surface area contributed by atoms with Gasteiger partial charge >= 0.3 is 19.8 Å². The van der Waals surface area contributed by atoms with Gasteiger partial charge in [-0.25, -0.2) is 9.36 Å². The molecular formula is C43H82NO10P. The maximum Gasteiger partial charge on any atom is 0.472 e. The molecule has 0 aromatic rings. The number of carbonyl (C=O) groups excluding carboxylic acids is 2. The zero-order chi connectivity index (χ0) is 40.7. The van der Waals surface area contributed by atoms with E-state index in [0.717, 1.165) is 57.8 Å². The van der Waals surface area contributed by atoms with E-state index < -0.39 is 57.6 Å². The van der Waals surface area contributed by atoms with E-state index in [2.05, 4.69) is 31.3 Å². The lowest BCUT2D eigenvalue weighted by molar-refractivity contribution is -0.147. The van der Waals surface area contributed by atoms with Crippen molar-refractivity contribution in [2.75, 3.05) is 19.8 Å². The van der Waals surface area contributed by atoms with Gasteiger partial charge in [-0.15, -0.1) is 0 Å². The number of phosphoric acid groups is 1. The number of unbranched alkanes of at least 4 members (excludes halogenated alkanes) is 26. The number of aliphatic hydroxyl groups excluding tert-OH is 1. The molecule has 0 saturated heterocycles. The third-order valence-corrected chi connectivity index (χ3v) is 10.8. The van der Waals surface area contributed by atoms with Crippen molar-refractivity contribution in [2.45, 2.75) is 225 Å². The number of rotatable bonds is 42. The second-order valence-corrected chi connectivity index (χ2v) is 16.7. The molecule has 0 aromatic heterocycles. The van der Waals surface area contributed by atoms with Crippen molar-refractivity contribution in [3.63, 3.8) is 0 Å². The number of ether oxygens (including phenoxy) is 1. The third kappa shape index (κ3) is 38.9. The zero-order valence-corrected chi connectivity index (χ0v) is 35.9. The van der Waals surface area contributed by atoms with Crippen molar-refractivity contribution < 1.29 is 47.8 Å². The summed E-state index contributed by atoms with van der Waals surface area (Å²) in [6, 6.07) is -1.55. The summed E-state index contributed by atoms with van der Waals surface area (Å²) in [5, 5.41) is 21.8. The Kier molecular flexibility index (Phi) is 37.8. The molecule has 0 bridgehead atoms. The molecule has 0 heterocycles. The summed E-state index contributed by atoms with van der Waals surface area (Å²) in [5.41, 5.74) is 0. The first-order valence-corrected chi connectivity index (χ1v) is 23.7. The Morgan fingerprint density at radius 3 is 1.42 bits per heavy atom. The second kappa shape index (κ2) is 39.1. The standard InChI is InChI=1S/C43H82NO10P/c1-3-5-7-9-11-13-15-17-18-19-20-21-22-23-25-27-29-31-33-35-42(47)52-36-39(45)37-53-55(50,51)54-38-40(43(48)49)44-41(46)34-32-30-28-26-24-16-14-12-10-8-6-4-2/h12,14,39-40,45H,3-11,13,15-38H2,1-2H3,(H,44,46)(H,48,49)(H,50,51)/b14-12-. The first-order chi connectivity index (χ1) is 26.6. The number of allylic oxidation sites excluding steroid dienone is 2. The van der Waals surface area contributed by atoms with Crippen molar-refractivity contribution in [3.8, 4) is 0 Å². The smallest absolute Gasteiger partial charge is 0.472 e. The first kappa shape index (κ1) is 53.2. The van der Waals surface area contributed by atoms with Crippen LogP contribution >= 0.6 is 7.82 Å². The minimum atomic E-state index is -4.75. The number of phosphoric ester groups is 1. The van der Waals surface area contributed by atoms with Gasteiger partial charge in [0.2, 0.25) is 5.91 Å². The van der Waals surface area contributed by atoms with E-state index in [1.54, 1.807) is 0 Å². The number of amides is 1. The van der Waals surface area contributed by atoms with Gasteiger partial charge in [0.15, 0.2) is 6.04 Å². The molecule has 12 heteroatoms. The molecule has 0 aliphatic rings. The van der Waals surface area contributed by atoms with Gasteiger partial charge < -0.3 is 25.2 Å². The van der Waals surface area contributed by atoms with Crippen molar-refractivity contribution in [1.29, 1.82) is 0 Å². The highest BCUT2D eigenvalue weighted by Gasteiger charge is 2.28. The Hall–Kier alpha value is -1.78. The fourth-order valence-electron chi connectivity index (χ4n) is 6.31. The van der Waals surface area contributed by atoms with E-state index in [1.807, 2.05) is 0 Å². The highest BCUT2D eigenvalue weighted by Crippen LogP contribution is 2.43. The van der Waals surface area contributed by atoms with E-state index in [9.17, 15) is 34.1 Å². The van der Waals surface area contributed by atoms with Gasteiger partial charge in [0.25, 0.3) is 0 Å². The molecule has 0 fully saturated rings. The molecule has 1 amide bonds. The van der Waals surface area contributed by atoms with Crippen molar-refractivity contribution in [2.24, 2.45) is 0 Å². The van der Waals surface area contributed by atoms with Crippen LogP contribution in [0.15, 0.2) is 12.2 Å². The Bertz CT molecular complexity index is 995. The van der Waals surface area contributed by atoms with Crippen LogP contribution in [-0.2, 0) is 32.7 Å². The lowest BCUT2D eigenvalue weighted by Gasteiger charge is -2.18. The van der Waals surface area contributed by atoms with Crippen LogP contribution in [0.2, 0.25) is 0 Å². The average molecular weight is 804 g/mol. The Labute approximate surface area is 335 Å². The van der Waals surface area contributed by atoms with Crippen LogP contribution in [0, 0.1) is 0 Å². The Balaban J connectivity index is 3.84. The number of carboxylic acid groups (broad SMARTS) is 1. The predicted molar refractivity (Wildman–Crippen MR) is 222 cm³/mol. The molecule has 3 atom stereocenters. The molecule has 0 spiro atoms. The molecule has 0 rings (SSSR count).